The van der Waals surface area contributed by atoms with Crippen LogP contribution in [0.4, 0.5) is 5.69 Å². The van der Waals surface area contributed by atoms with E-state index in [-0.39, 0.29) is 0 Å². The van der Waals surface area contributed by atoms with E-state index in [1.807, 2.05) is 0 Å². The van der Waals surface area contributed by atoms with Crippen molar-refractivity contribution in [3.05, 3.63) is 78.4 Å². The smallest absolute Gasteiger partial charge is 0.306 e. The Morgan fingerprint density at radius 1 is 0.806 bits per heavy atom. The number of rotatable bonds is 11. The van der Waals surface area contributed by atoms with E-state index in [4.69, 9.17) is 15.3 Å². The number of quaternary nitrogens is 1. The molecule has 8 heteroatoms. The molecule has 0 aliphatic rings. The molecule has 192 valence electrons. The molecule has 0 radical (unpaired) electrons. The first-order valence-corrected chi connectivity index (χ1v) is 11.7. The van der Waals surface area contributed by atoms with E-state index in [2.05, 4.69) is 86.9 Å². The third kappa shape index (κ3) is 8.79. The van der Waals surface area contributed by atoms with Gasteiger partial charge in [-0.2, -0.15) is 0 Å². The fraction of sp³-hybridized carbons (Fsp3) is 0.321. The van der Waals surface area contributed by atoms with Gasteiger partial charge in [0.1, 0.15) is 11.3 Å². The van der Waals surface area contributed by atoms with Crippen molar-refractivity contribution in [2.24, 2.45) is 0 Å². The van der Waals surface area contributed by atoms with Crippen LogP contribution in [0.5, 0.6) is 0 Å². The maximum absolute atomic E-state index is 10.2. The first-order valence-electron chi connectivity index (χ1n) is 11.7. The van der Waals surface area contributed by atoms with Crippen LogP contribution in [0.1, 0.15) is 31.2 Å². The molecule has 0 atom stereocenters. The number of carboxylic acid groups (broad SMARTS) is 3. The Bertz CT molecular complexity index is 1160. The van der Waals surface area contributed by atoms with Gasteiger partial charge >= 0.3 is 11.9 Å². The molecule has 0 heterocycles. The number of fused-ring (bicyclic) bond motifs is 1. The molecule has 0 amide bonds. The van der Waals surface area contributed by atoms with Gasteiger partial charge in [-0.25, -0.2) is 0 Å². The maximum atomic E-state index is 10.2. The van der Waals surface area contributed by atoms with Gasteiger partial charge in [-0.05, 0) is 47.7 Å². The summed E-state index contributed by atoms with van der Waals surface area (Å²) in [4.78, 5) is 30.3. The highest BCUT2D eigenvalue weighted by atomic mass is 16.4. The van der Waals surface area contributed by atoms with Gasteiger partial charge in [0.15, 0.2) is 0 Å². The number of carbonyl (C=O) groups excluding carboxylic acids is 1. The molecule has 0 aliphatic heterocycles. The third-order valence-corrected chi connectivity index (χ3v) is 5.97. The van der Waals surface area contributed by atoms with Gasteiger partial charge in [-0.3, -0.25) is 14.1 Å². The van der Waals surface area contributed by atoms with Crippen LogP contribution in [-0.2, 0) is 20.8 Å². The first kappa shape index (κ1) is 28.5. The fourth-order valence-electron chi connectivity index (χ4n) is 3.90. The molecule has 0 aromatic heterocycles. The van der Waals surface area contributed by atoms with E-state index in [0.717, 1.165) is 4.48 Å². The van der Waals surface area contributed by atoms with Crippen molar-refractivity contribution in [2.45, 2.75) is 37.7 Å². The Morgan fingerprint density at radius 2 is 1.36 bits per heavy atom. The zero-order valence-electron chi connectivity index (χ0n) is 20.6. The molecule has 3 aromatic rings. The number of nitrogens with zero attached hydrogens (tertiary/aromatic N) is 1. The lowest BCUT2D eigenvalue weighted by Gasteiger charge is -2.29. The average Bonchev–Trinajstić information content (AvgIpc) is 2.81. The van der Waals surface area contributed by atoms with Crippen LogP contribution in [0.2, 0.25) is 0 Å². The van der Waals surface area contributed by atoms with E-state index in [1.165, 1.54) is 47.8 Å². The summed E-state index contributed by atoms with van der Waals surface area (Å²) < 4.78 is 0.957. The van der Waals surface area contributed by atoms with Crippen LogP contribution in [0, 0.1) is 0 Å². The zero-order valence-corrected chi connectivity index (χ0v) is 20.6. The molecule has 0 saturated carbocycles. The molecule has 0 spiro atoms. The summed E-state index contributed by atoms with van der Waals surface area (Å²) in [6, 6.07) is 26.3. The first-order chi connectivity index (χ1) is 16.9. The van der Waals surface area contributed by atoms with E-state index < -0.39 is 36.4 Å². The van der Waals surface area contributed by atoms with Crippen molar-refractivity contribution >= 4 is 34.4 Å². The van der Waals surface area contributed by atoms with Crippen LogP contribution in [0.3, 0.4) is 0 Å². The number of carbonyl (C=O) groups is 3. The van der Waals surface area contributed by atoms with Crippen LogP contribution in [0.25, 0.3) is 10.8 Å². The van der Waals surface area contributed by atoms with Gasteiger partial charge in [-0.15, -0.1) is 0 Å². The summed E-state index contributed by atoms with van der Waals surface area (Å²) in [5, 5.41) is 38.2. The topological polar surface area (TPSA) is 135 Å². The van der Waals surface area contributed by atoms with Gasteiger partial charge in [0, 0.05) is 0 Å². The van der Waals surface area contributed by atoms with Crippen LogP contribution >= 0.6 is 0 Å². The number of benzene rings is 3. The number of para-hydroxylation sites is 1. The highest BCUT2D eigenvalue weighted by Gasteiger charge is 2.34. The van der Waals surface area contributed by atoms with Crippen molar-refractivity contribution in [1.82, 2.24) is 4.48 Å². The minimum Gasteiger partial charge on any atom is -0.547 e. The quantitative estimate of drug-likeness (QED) is 0.275. The highest BCUT2D eigenvalue weighted by Crippen LogP contribution is 2.20. The molecular weight excluding hydrogens is 462 g/mol. The summed E-state index contributed by atoms with van der Waals surface area (Å²) in [6.45, 7) is 1.18. The van der Waals surface area contributed by atoms with E-state index in [0.29, 0.717) is 0 Å². The van der Waals surface area contributed by atoms with E-state index in [1.54, 1.807) is 0 Å². The molecule has 3 rings (SSSR count). The second-order valence-electron chi connectivity index (χ2n) is 9.34. The number of hydrogen-bond donors (Lipinski definition) is 3. The zero-order chi connectivity index (χ0) is 26.8. The molecule has 0 saturated heterocycles. The second kappa shape index (κ2) is 12.8. The normalized spacial score (nSPS) is 11.4. The minimum atomic E-state index is -2.85. The Labute approximate surface area is 210 Å². The van der Waals surface area contributed by atoms with Crippen molar-refractivity contribution < 1.29 is 34.8 Å². The summed E-state index contributed by atoms with van der Waals surface area (Å²) in [5.74, 6) is -5.35. The number of aliphatic carboxylic acids is 3. The Balaban J connectivity index is 0.000000302. The van der Waals surface area contributed by atoms with Crippen molar-refractivity contribution in [1.29, 1.82) is 0 Å². The van der Waals surface area contributed by atoms with Crippen LogP contribution < -0.4 is 9.59 Å². The third-order valence-electron chi connectivity index (χ3n) is 5.97. The van der Waals surface area contributed by atoms with E-state index in [9.17, 15) is 19.5 Å². The molecule has 0 fully saturated rings. The summed E-state index contributed by atoms with van der Waals surface area (Å²) in [6.07, 6.45) is 1.24. The van der Waals surface area contributed by atoms with E-state index >= 15 is 0 Å². The number of hydrogen-bond acceptors (Lipinski definition) is 5. The number of aryl methyl sites for hydroxylation is 1. The largest absolute Gasteiger partial charge is 0.547 e. The van der Waals surface area contributed by atoms with Gasteiger partial charge < -0.3 is 25.2 Å². The standard InChI is InChI=1S/C22H26N.C6H8O7/c1-23(2,22-13-4-3-5-14-22)17-9-8-10-19-15-16-20-11-6-7-12-21(20)18-19;7-3(8)1-6(13,5(11)12)2-4(9)10/h3-7,11-16,18H,8-10,17H2,1-2H3;13H,1-2H2,(H,7,8)(H,9,10)(H,11,12)/q+1;/p-1. The number of carboxylic acids is 3. The molecule has 3 aromatic carbocycles. The summed E-state index contributed by atoms with van der Waals surface area (Å²) >= 11 is 0. The minimum absolute atomic E-state index is 0.957. The van der Waals surface area contributed by atoms with Crippen molar-refractivity contribution in [3.8, 4) is 0 Å². The number of unbranched alkanes of at least 4 members (excludes halogenated alkanes) is 1. The predicted molar refractivity (Wildman–Crippen MR) is 136 cm³/mol. The van der Waals surface area contributed by atoms with Gasteiger partial charge in [0.05, 0.1) is 39.5 Å². The van der Waals surface area contributed by atoms with Gasteiger partial charge in [-0.1, -0.05) is 60.7 Å². The molecule has 0 unspecified atom stereocenters. The predicted octanol–water partition coefficient (Wildman–Crippen LogP) is 2.85. The van der Waals surface area contributed by atoms with Crippen LogP contribution in [-0.4, -0.2) is 59.5 Å². The monoisotopic (exact) mass is 495 g/mol. The summed E-state index contributed by atoms with van der Waals surface area (Å²) in [7, 11) is 4.59. The lowest BCUT2D eigenvalue weighted by Crippen LogP contribution is -2.51. The summed E-state index contributed by atoms with van der Waals surface area (Å²) in [5.41, 5.74) is -0.00979. The fourth-order valence-corrected chi connectivity index (χ4v) is 3.90. The lowest BCUT2D eigenvalue weighted by molar-refractivity contribution is -0.325. The van der Waals surface area contributed by atoms with Crippen LogP contribution in [0.15, 0.2) is 72.8 Å². The average molecular weight is 496 g/mol. The van der Waals surface area contributed by atoms with Crippen molar-refractivity contribution in [2.75, 3.05) is 20.6 Å². The SMILES string of the molecule is C[N+](C)(CCCCc1ccc2ccccc2c1)c1ccccc1.O=C(O)CC(O)(CC(=O)O)C(=O)[O-]. The lowest BCUT2D eigenvalue weighted by atomic mass is 9.96. The molecular formula is C28H33NO7. The van der Waals surface area contributed by atoms with Gasteiger partial charge in [0.25, 0.3) is 0 Å². The molecule has 3 N–H and O–H groups in total. The second-order valence-corrected chi connectivity index (χ2v) is 9.34. The molecule has 0 aliphatic carbocycles. The highest BCUT2D eigenvalue weighted by molar-refractivity contribution is 5.87. The van der Waals surface area contributed by atoms with Crippen molar-refractivity contribution in [3.63, 3.8) is 0 Å². The van der Waals surface area contributed by atoms with Gasteiger partial charge in [0.2, 0.25) is 0 Å². The number of aliphatic hydroxyl groups is 1. The Morgan fingerprint density at radius 3 is 1.92 bits per heavy atom. The molecule has 36 heavy (non-hydrogen) atoms. The molecule has 8 nitrogen and oxygen atoms in total. The molecule has 0 bridgehead atoms. The maximum Gasteiger partial charge on any atom is 0.306 e. The Hall–Kier alpha value is -3.75. The Kier molecular flexibility index (Phi) is 10.1.